The Bertz CT molecular complexity index is 286. The van der Waals surface area contributed by atoms with Crippen molar-refractivity contribution in [2.45, 2.75) is 32.6 Å². The minimum atomic E-state index is 0.564. The Balaban J connectivity index is 1.91. The van der Waals surface area contributed by atoms with Crippen LogP contribution in [0.15, 0.2) is 16.5 Å². The summed E-state index contributed by atoms with van der Waals surface area (Å²) < 4.78 is 5.64. The normalized spacial score (nSPS) is 24.0. The van der Waals surface area contributed by atoms with Crippen LogP contribution < -0.4 is 5.32 Å². The third kappa shape index (κ3) is 2.18. The molecule has 0 bridgehead atoms. The Morgan fingerprint density at radius 3 is 3.00 bits per heavy atom. The molecule has 0 amide bonds. The molecule has 1 aliphatic rings. The molecule has 2 heterocycles. The minimum absolute atomic E-state index is 0.564. The fourth-order valence-electron chi connectivity index (χ4n) is 2.25. The molecule has 1 aromatic rings. The van der Waals surface area contributed by atoms with Crippen LogP contribution in [0.5, 0.6) is 0 Å². The van der Waals surface area contributed by atoms with Crippen molar-refractivity contribution in [3.05, 3.63) is 23.7 Å². The maximum absolute atomic E-state index is 5.64. The number of furan rings is 1. The van der Waals surface area contributed by atoms with Gasteiger partial charge in [-0.05, 0) is 50.9 Å². The van der Waals surface area contributed by atoms with Crippen LogP contribution in [0.4, 0.5) is 0 Å². The highest BCUT2D eigenvalue weighted by molar-refractivity contribution is 5.09. The Morgan fingerprint density at radius 1 is 1.57 bits per heavy atom. The summed E-state index contributed by atoms with van der Waals surface area (Å²) in [6.07, 6.45) is 2.57. The van der Waals surface area contributed by atoms with Gasteiger partial charge in [0.05, 0.1) is 0 Å². The van der Waals surface area contributed by atoms with Crippen LogP contribution in [-0.2, 0) is 0 Å². The lowest BCUT2D eigenvalue weighted by Gasteiger charge is -2.13. The summed E-state index contributed by atoms with van der Waals surface area (Å²) in [5.74, 6) is 3.58. The van der Waals surface area contributed by atoms with Crippen molar-refractivity contribution < 1.29 is 4.42 Å². The van der Waals surface area contributed by atoms with Gasteiger partial charge in [0.1, 0.15) is 11.5 Å². The van der Waals surface area contributed by atoms with Gasteiger partial charge in [0.2, 0.25) is 0 Å². The van der Waals surface area contributed by atoms with E-state index in [4.69, 9.17) is 4.42 Å². The smallest absolute Gasteiger partial charge is 0.106 e. The number of hydrogen-bond acceptors (Lipinski definition) is 2. The highest BCUT2D eigenvalue weighted by Crippen LogP contribution is 2.27. The molecule has 1 aromatic heterocycles. The van der Waals surface area contributed by atoms with Crippen LogP contribution in [0.1, 0.15) is 37.2 Å². The van der Waals surface area contributed by atoms with Gasteiger partial charge < -0.3 is 9.73 Å². The third-order valence-corrected chi connectivity index (χ3v) is 3.10. The Kier molecular flexibility index (Phi) is 2.92. The zero-order valence-electron chi connectivity index (χ0n) is 9.05. The monoisotopic (exact) mass is 193 g/mol. The summed E-state index contributed by atoms with van der Waals surface area (Å²) in [7, 11) is 0. The lowest BCUT2D eigenvalue weighted by atomic mass is 9.93. The summed E-state index contributed by atoms with van der Waals surface area (Å²) in [6, 6.07) is 4.17. The van der Waals surface area contributed by atoms with Crippen LogP contribution in [0.25, 0.3) is 0 Å². The molecule has 2 atom stereocenters. The fraction of sp³-hybridized carbons (Fsp3) is 0.667. The number of nitrogens with one attached hydrogen (secondary N) is 1. The van der Waals surface area contributed by atoms with Crippen molar-refractivity contribution in [1.82, 2.24) is 5.32 Å². The van der Waals surface area contributed by atoms with Crippen molar-refractivity contribution in [1.29, 1.82) is 0 Å². The summed E-state index contributed by atoms with van der Waals surface area (Å²) in [5, 5.41) is 3.40. The van der Waals surface area contributed by atoms with E-state index in [0.717, 1.165) is 17.4 Å². The van der Waals surface area contributed by atoms with Gasteiger partial charge in [0.15, 0.2) is 0 Å². The lowest BCUT2D eigenvalue weighted by molar-refractivity contribution is 0.401. The second-order valence-electron chi connectivity index (χ2n) is 4.44. The average molecular weight is 193 g/mol. The molecule has 0 aliphatic carbocycles. The van der Waals surface area contributed by atoms with E-state index in [2.05, 4.69) is 24.4 Å². The molecule has 2 rings (SSSR count). The Morgan fingerprint density at radius 2 is 2.43 bits per heavy atom. The van der Waals surface area contributed by atoms with Gasteiger partial charge in [-0.15, -0.1) is 0 Å². The molecular weight excluding hydrogens is 174 g/mol. The van der Waals surface area contributed by atoms with E-state index in [9.17, 15) is 0 Å². The molecular formula is C12H19NO. The van der Waals surface area contributed by atoms with Crippen LogP contribution in [0.3, 0.4) is 0 Å². The maximum atomic E-state index is 5.64. The summed E-state index contributed by atoms with van der Waals surface area (Å²) in [6.45, 7) is 6.64. The molecule has 0 saturated carbocycles. The highest BCUT2D eigenvalue weighted by atomic mass is 16.3. The average Bonchev–Trinajstić information content (AvgIpc) is 2.75. The van der Waals surface area contributed by atoms with Crippen molar-refractivity contribution >= 4 is 0 Å². The molecule has 14 heavy (non-hydrogen) atoms. The van der Waals surface area contributed by atoms with Crippen molar-refractivity contribution in [3.63, 3.8) is 0 Å². The predicted octanol–water partition coefficient (Wildman–Crippen LogP) is 2.69. The van der Waals surface area contributed by atoms with Gasteiger partial charge in [-0.2, -0.15) is 0 Å². The SMILES string of the molecule is Cc1ccc(C(C)CC2CCNC2)o1. The number of rotatable bonds is 3. The molecule has 1 fully saturated rings. The van der Waals surface area contributed by atoms with Gasteiger partial charge in [0.25, 0.3) is 0 Å². The second kappa shape index (κ2) is 4.18. The number of aryl methyl sites for hydroxylation is 1. The van der Waals surface area contributed by atoms with Gasteiger partial charge in [-0.3, -0.25) is 0 Å². The molecule has 0 aromatic carbocycles. The summed E-state index contributed by atoms with van der Waals surface area (Å²) >= 11 is 0. The second-order valence-corrected chi connectivity index (χ2v) is 4.44. The quantitative estimate of drug-likeness (QED) is 0.798. The Hall–Kier alpha value is -0.760. The van der Waals surface area contributed by atoms with E-state index >= 15 is 0 Å². The van der Waals surface area contributed by atoms with Gasteiger partial charge in [-0.1, -0.05) is 6.92 Å². The fourth-order valence-corrected chi connectivity index (χ4v) is 2.25. The topological polar surface area (TPSA) is 25.2 Å². The Labute approximate surface area is 85.7 Å². The molecule has 1 saturated heterocycles. The van der Waals surface area contributed by atoms with E-state index in [1.807, 2.05) is 6.92 Å². The van der Waals surface area contributed by atoms with Crippen molar-refractivity contribution in [3.8, 4) is 0 Å². The van der Waals surface area contributed by atoms with Gasteiger partial charge >= 0.3 is 0 Å². The molecule has 2 nitrogen and oxygen atoms in total. The van der Waals surface area contributed by atoms with E-state index in [1.165, 1.54) is 25.9 Å². The first-order valence-corrected chi connectivity index (χ1v) is 5.53. The van der Waals surface area contributed by atoms with Crippen molar-refractivity contribution in [2.24, 2.45) is 5.92 Å². The third-order valence-electron chi connectivity index (χ3n) is 3.10. The first kappa shape index (κ1) is 9.78. The van der Waals surface area contributed by atoms with E-state index in [1.54, 1.807) is 0 Å². The molecule has 1 aliphatic heterocycles. The predicted molar refractivity (Wildman–Crippen MR) is 57.5 cm³/mol. The maximum Gasteiger partial charge on any atom is 0.106 e. The standard InChI is InChI=1S/C12H19NO/c1-9(7-11-5-6-13-8-11)12-4-3-10(2)14-12/h3-4,9,11,13H,5-8H2,1-2H3. The number of hydrogen-bond donors (Lipinski definition) is 1. The van der Waals surface area contributed by atoms with Crippen LogP contribution in [0.2, 0.25) is 0 Å². The first-order chi connectivity index (χ1) is 6.75. The largest absolute Gasteiger partial charge is 0.466 e. The van der Waals surface area contributed by atoms with Crippen LogP contribution in [0, 0.1) is 12.8 Å². The van der Waals surface area contributed by atoms with Gasteiger partial charge in [0, 0.05) is 5.92 Å². The van der Waals surface area contributed by atoms with E-state index in [-0.39, 0.29) is 0 Å². The minimum Gasteiger partial charge on any atom is -0.466 e. The van der Waals surface area contributed by atoms with Gasteiger partial charge in [-0.25, -0.2) is 0 Å². The molecule has 78 valence electrons. The zero-order chi connectivity index (χ0) is 9.97. The summed E-state index contributed by atoms with van der Waals surface area (Å²) in [5.41, 5.74) is 0. The molecule has 0 spiro atoms. The molecule has 1 N–H and O–H groups in total. The first-order valence-electron chi connectivity index (χ1n) is 5.53. The summed E-state index contributed by atoms with van der Waals surface area (Å²) in [4.78, 5) is 0. The molecule has 2 unspecified atom stereocenters. The lowest BCUT2D eigenvalue weighted by Crippen LogP contribution is -2.10. The zero-order valence-corrected chi connectivity index (χ0v) is 9.05. The highest BCUT2D eigenvalue weighted by Gasteiger charge is 2.19. The molecule has 2 heteroatoms. The molecule has 0 radical (unpaired) electrons. The van der Waals surface area contributed by atoms with Crippen LogP contribution >= 0.6 is 0 Å². The van der Waals surface area contributed by atoms with E-state index < -0.39 is 0 Å². The van der Waals surface area contributed by atoms with E-state index in [0.29, 0.717) is 5.92 Å². The van der Waals surface area contributed by atoms with Crippen LogP contribution in [-0.4, -0.2) is 13.1 Å². The van der Waals surface area contributed by atoms with Crippen molar-refractivity contribution in [2.75, 3.05) is 13.1 Å².